The van der Waals surface area contributed by atoms with E-state index in [-0.39, 0.29) is 17.8 Å². The summed E-state index contributed by atoms with van der Waals surface area (Å²) in [6.07, 6.45) is 1.53. The maximum atomic E-state index is 12.6. The topological polar surface area (TPSA) is 119 Å². The van der Waals surface area contributed by atoms with Crippen LogP contribution in [0.4, 0.5) is 5.69 Å². The second kappa shape index (κ2) is 10.4. The number of benzene rings is 2. The fourth-order valence-corrected chi connectivity index (χ4v) is 3.59. The summed E-state index contributed by atoms with van der Waals surface area (Å²) >= 11 is 0. The first-order chi connectivity index (χ1) is 16.3. The molecule has 3 aromatic rings. The van der Waals surface area contributed by atoms with Gasteiger partial charge in [0.2, 0.25) is 0 Å². The zero-order valence-corrected chi connectivity index (χ0v) is 19.3. The van der Waals surface area contributed by atoms with Gasteiger partial charge in [-0.2, -0.15) is 5.26 Å². The molecule has 174 valence electrons. The molecule has 1 aromatic heterocycles. The van der Waals surface area contributed by atoms with Crippen molar-refractivity contribution in [2.75, 3.05) is 14.2 Å². The van der Waals surface area contributed by atoms with Crippen molar-refractivity contribution in [1.82, 2.24) is 9.88 Å². The van der Waals surface area contributed by atoms with Crippen molar-refractivity contribution in [3.8, 4) is 23.3 Å². The minimum absolute atomic E-state index is 0.0376. The molecule has 2 aromatic carbocycles. The van der Waals surface area contributed by atoms with Crippen LogP contribution < -0.4 is 14.8 Å². The number of ether oxygens (including phenoxy) is 2. The molecule has 0 unspecified atom stereocenters. The number of nitro groups is 1. The monoisotopic (exact) mass is 460 g/mol. The minimum Gasteiger partial charge on any atom is -0.497 e. The number of hydrogen-bond acceptors (Lipinski definition) is 6. The number of nitro benzene ring substituents is 1. The maximum Gasteiger partial charge on any atom is 0.273 e. The number of aromatic nitrogens is 1. The van der Waals surface area contributed by atoms with Gasteiger partial charge in [-0.25, -0.2) is 0 Å². The highest BCUT2D eigenvalue weighted by molar-refractivity contribution is 6.01. The molecule has 0 atom stereocenters. The van der Waals surface area contributed by atoms with E-state index in [2.05, 4.69) is 5.32 Å². The van der Waals surface area contributed by atoms with Crippen LogP contribution in [0.5, 0.6) is 11.5 Å². The lowest BCUT2D eigenvalue weighted by molar-refractivity contribution is -0.384. The fraction of sp³-hybridized carbons (Fsp3) is 0.200. The molecule has 3 rings (SSSR count). The van der Waals surface area contributed by atoms with Crippen LogP contribution in [0.3, 0.4) is 0 Å². The molecule has 1 amide bonds. The zero-order chi connectivity index (χ0) is 24.8. The van der Waals surface area contributed by atoms with Crippen LogP contribution in [0.1, 0.15) is 22.5 Å². The predicted octanol–water partition coefficient (Wildman–Crippen LogP) is 4.24. The summed E-state index contributed by atoms with van der Waals surface area (Å²) in [6.45, 7) is 3.96. The van der Waals surface area contributed by atoms with Gasteiger partial charge in [-0.3, -0.25) is 14.9 Å². The summed E-state index contributed by atoms with van der Waals surface area (Å²) in [6, 6.07) is 15.4. The first-order valence-electron chi connectivity index (χ1n) is 10.3. The Hall–Kier alpha value is -4.58. The van der Waals surface area contributed by atoms with E-state index in [1.165, 1.54) is 25.3 Å². The number of aryl methyl sites for hydroxylation is 1. The molecule has 0 aliphatic rings. The molecule has 0 saturated carbocycles. The minimum atomic E-state index is -0.490. The third-order valence-electron chi connectivity index (χ3n) is 5.36. The molecule has 0 aliphatic heterocycles. The van der Waals surface area contributed by atoms with Crippen molar-refractivity contribution < 1.29 is 19.2 Å². The lowest BCUT2D eigenvalue weighted by Gasteiger charge is -2.14. The number of rotatable bonds is 8. The van der Waals surface area contributed by atoms with Crippen molar-refractivity contribution in [3.63, 3.8) is 0 Å². The number of amides is 1. The van der Waals surface area contributed by atoms with E-state index in [4.69, 9.17) is 9.47 Å². The fourth-order valence-electron chi connectivity index (χ4n) is 3.59. The van der Waals surface area contributed by atoms with Gasteiger partial charge in [0, 0.05) is 24.0 Å². The lowest BCUT2D eigenvalue weighted by atomic mass is 10.1. The normalized spacial score (nSPS) is 11.0. The van der Waals surface area contributed by atoms with Crippen molar-refractivity contribution in [2.24, 2.45) is 0 Å². The summed E-state index contributed by atoms with van der Waals surface area (Å²) in [5.74, 6) is 0.563. The Bertz CT molecular complexity index is 1300. The molecule has 0 bridgehead atoms. The standard InChI is InChI=1S/C25H24N4O5/c1-16-11-19(17(2)28(16)23-10-7-21(29(31)32)13-24(23)34-4)12-20(14-26)25(30)27-15-18-5-8-22(33-3)9-6-18/h5-13H,15H2,1-4H3,(H,27,30)/b20-12-. The molecule has 34 heavy (non-hydrogen) atoms. The Balaban J connectivity index is 1.87. The van der Waals surface area contributed by atoms with Gasteiger partial charge in [0.15, 0.2) is 0 Å². The highest BCUT2D eigenvalue weighted by Gasteiger charge is 2.18. The van der Waals surface area contributed by atoms with Crippen LogP contribution in [-0.4, -0.2) is 29.6 Å². The van der Waals surface area contributed by atoms with E-state index in [0.29, 0.717) is 22.7 Å². The Morgan fingerprint density at radius 2 is 1.85 bits per heavy atom. The number of carbonyl (C=O) groups excluding carboxylic acids is 1. The van der Waals surface area contributed by atoms with Gasteiger partial charge in [0.25, 0.3) is 11.6 Å². The summed E-state index contributed by atoms with van der Waals surface area (Å²) in [4.78, 5) is 23.3. The van der Waals surface area contributed by atoms with E-state index in [1.807, 2.05) is 42.7 Å². The molecule has 1 N–H and O–H groups in total. The number of hydrogen-bond donors (Lipinski definition) is 1. The van der Waals surface area contributed by atoms with Crippen molar-refractivity contribution in [2.45, 2.75) is 20.4 Å². The number of non-ortho nitro benzene ring substituents is 1. The van der Waals surface area contributed by atoms with Gasteiger partial charge in [-0.05, 0) is 55.3 Å². The van der Waals surface area contributed by atoms with Gasteiger partial charge in [0.1, 0.15) is 23.1 Å². The van der Waals surface area contributed by atoms with E-state index < -0.39 is 10.8 Å². The van der Waals surface area contributed by atoms with Crippen molar-refractivity contribution in [3.05, 3.63) is 86.7 Å². The Labute approximate surface area is 197 Å². The molecule has 0 saturated heterocycles. The number of nitrogens with zero attached hydrogens (tertiary/aromatic N) is 3. The Morgan fingerprint density at radius 3 is 2.44 bits per heavy atom. The summed E-state index contributed by atoms with van der Waals surface area (Å²) in [5.41, 5.74) is 3.61. The Kier molecular flexibility index (Phi) is 7.33. The van der Waals surface area contributed by atoms with Gasteiger partial charge in [-0.15, -0.1) is 0 Å². The molecular weight excluding hydrogens is 436 g/mol. The first kappa shape index (κ1) is 24.1. The van der Waals surface area contributed by atoms with Crippen LogP contribution in [0.2, 0.25) is 0 Å². The number of methoxy groups -OCH3 is 2. The summed E-state index contributed by atoms with van der Waals surface area (Å²) in [7, 11) is 3.02. The molecule has 0 radical (unpaired) electrons. The smallest absolute Gasteiger partial charge is 0.273 e. The number of nitriles is 1. The average molecular weight is 460 g/mol. The highest BCUT2D eigenvalue weighted by Crippen LogP contribution is 2.32. The quantitative estimate of drug-likeness (QED) is 0.232. The molecule has 1 heterocycles. The maximum absolute atomic E-state index is 12.6. The second-order valence-electron chi connectivity index (χ2n) is 7.48. The third kappa shape index (κ3) is 5.07. The van der Waals surface area contributed by atoms with Crippen molar-refractivity contribution >= 4 is 17.7 Å². The van der Waals surface area contributed by atoms with Gasteiger partial charge < -0.3 is 19.4 Å². The lowest BCUT2D eigenvalue weighted by Crippen LogP contribution is -2.23. The summed E-state index contributed by atoms with van der Waals surface area (Å²) < 4.78 is 12.4. The van der Waals surface area contributed by atoms with Crippen LogP contribution in [0.15, 0.2) is 54.1 Å². The molecule has 0 aliphatic carbocycles. The average Bonchev–Trinajstić information content (AvgIpc) is 3.12. The van der Waals surface area contributed by atoms with E-state index >= 15 is 0 Å². The SMILES string of the molecule is COc1ccc(CNC(=O)/C(C#N)=C\c2cc(C)n(-c3ccc([N+](=O)[O-])cc3OC)c2C)cc1. The van der Waals surface area contributed by atoms with Gasteiger partial charge in [-0.1, -0.05) is 12.1 Å². The first-order valence-corrected chi connectivity index (χ1v) is 10.3. The second-order valence-corrected chi connectivity index (χ2v) is 7.48. The van der Waals surface area contributed by atoms with Crippen molar-refractivity contribution in [1.29, 1.82) is 5.26 Å². The summed E-state index contributed by atoms with van der Waals surface area (Å²) in [5, 5.41) is 23.4. The third-order valence-corrected chi connectivity index (χ3v) is 5.36. The van der Waals surface area contributed by atoms with Gasteiger partial charge >= 0.3 is 0 Å². The van der Waals surface area contributed by atoms with Crippen LogP contribution in [0.25, 0.3) is 11.8 Å². The molecule has 9 heteroatoms. The number of carbonyl (C=O) groups is 1. The van der Waals surface area contributed by atoms with Crippen LogP contribution in [-0.2, 0) is 11.3 Å². The largest absolute Gasteiger partial charge is 0.497 e. The highest BCUT2D eigenvalue weighted by atomic mass is 16.6. The van der Waals surface area contributed by atoms with Crippen LogP contribution >= 0.6 is 0 Å². The van der Waals surface area contributed by atoms with Gasteiger partial charge in [0.05, 0.1) is 30.9 Å². The Morgan fingerprint density at radius 1 is 1.15 bits per heavy atom. The molecule has 0 fully saturated rings. The van der Waals surface area contributed by atoms with E-state index in [9.17, 15) is 20.2 Å². The predicted molar refractivity (Wildman–Crippen MR) is 127 cm³/mol. The molecule has 9 nitrogen and oxygen atoms in total. The van der Waals surface area contributed by atoms with E-state index in [0.717, 1.165) is 17.0 Å². The number of nitrogens with one attached hydrogen (secondary N) is 1. The van der Waals surface area contributed by atoms with Crippen LogP contribution in [0, 0.1) is 35.3 Å². The molecule has 0 spiro atoms. The van der Waals surface area contributed by atoms with E-state index in [1.54, 1.807) is 25.3 Å². The molecular formula is C25H24N4O5. The zero-order valence-electron chi connectivity index (χ0n) is 19.3.